The van der Waals surface area contributed by atoms with Crippen molar-refractivity contribution in [3.8, 4) is 0 Å². The van der Waals surface area contributed by atoms with Crippen LogP contribution in [0.4, 0.5) is 0 Å². The molecule has 1 atom stereocenters. The van der Waals surface area contributed by atoms with Crippen LogP contribution in [-0.2, 0) is 11.3 Å². The lowest BCUT2D eigenvalue weighted by atomic mass is 9.81. The molecule has 0 saturated carbocycles. The standard InChI is InChI=1S/C15H21BrN2O.ClH/c1-15(8-3-9-17-11-15)14(19)18(2)10-12-4-6-13(16)7-5-12;/h4-7,17H,3,8-11H2,1-2H3;1H. The molecule has 1 heterocycles. The van der Waals surface area contributed by atoms with Gasteiger partial charge in [-0.1, -0.05) is 28.1 Å². The monoisotopic (exact) mass is 360 g/mol. The summed E-state index contributed by atoms with van der Waals surface area (Å²) < 4.78 is 1.06. The molecule has 1 unspecified atom stereocenters. The molecule has 1 aliphatic rings. The van der Waals surface area contributed by atoms with Crippen molar-refractivity contribution < 1.29 is 4.79 Å². The Balaban J connectivity index is 0.00000200. The molecule has 0 radical (unpaired) electrons. The number of piperidine rings is 1. The Hall–Kier alpha value is -0.580. The third-order valence-corrected chi connectivity index (χ3v) is 4.32. The first kappa shape index (κ1) is 17.5. The molecule has 1 aromatic rings. The highest BCUT2D eigenvalue weighted by Gasteiger charge is 2.36. The fourth-order valence-electron chi connectivity index (χ4n) is 2.64. The van der Waals surface area contributed by atoms with Gasteiger partial charge >= 0.3 is 0 Å². The van der Waals surface area contributed by atoms with Crippen LogP contribution in [0.5, 0.6) is 0 Å². The molecule has 5 heteroatoms. The van der Waals surface area contributed by atoms with Crippen LogP contribution in [0.25, 0.3) is 0 Å². The van der Waals surface area contributed by atoms with Crippen molar-refractivity contribution in [1.29, 1.82) is 0 Å². The molecular formula is C15H22BrClN2O. The van der Waals surface area contributed by atoms with E-state index in [0.717, 1.165) is 36.0 Å². The Morgan fingerprint density at radius 1 is 1.40 bits per heavy atom. The summed E-state index contributed by atoms with van der Waals surface area (Å²) in [5.41, 5.74) is 0.911. The van der Waals surface area contributed by atoms with Crippen molar-refractivity contribution in [3.05, 3.63) is 34.3 Å². The van der Waals surface area contributed by atoms with Crippen LogP contribution in [-0.4, -0.2) is 30.9 Å². The second kappa shape index (κ2) is 7.43. The van der Waals surface area contributed by atoms with Crippen molar-refractivity contribution >= 4 is 34.2 Å². The van der Waals surface area contributed by atoms with Crippen LogP contribution >= 0.6 is 28.3 Å². The lowest BCUT2D eigenvalue weighted by Gasteiger charge is -2.36. The van der Waals surface area contributed by atoms with E-state index in [-0.39, 0.29) is 23.7 Å². The number of nitrogens with zero attached hydrogens (tertiary/aromatic N) is 1. The zero-order valence-corrected chi connectivity index (χ0v) is 14.4. The highest BCUT2D eigenvalue weighted by atomic mass is 79.9. The largest absolute Gasteiger partial charge is 0.341 e. The van der Waals surface area contributed by atoms with Crippen LogP contribution < -0.4 is 5.32 Å². The number of nitrogens with one attached hydrogen (secondary N) is 1. The van der Waals surface area contributed by atoms with Gasteiger partial charge in [0.2, 0.25) is 5.91 Å². The fourth-order valence-corrected chi connectivity index (χ4v) is 2.90. The molecule has 0 aliphatic carbocycles. The lowest BCUT2D eigenvalue weighted by Crippen LogP contribution is -2.48. The molecule has 1 fully saturated rings. The first-order chi connectivity index (χ1) is 9.01. The zero-order valence-electron chi connectivity index (χ0n) is 12.0. The van der Waals surface area contributed by atoms with Crippen molar-refractivity contribution in [2.75, 3.05) is 20.1 Å². The summed E-state index contributed by atoms with van der Waals surface area (Å²) in [5, 5.41) is 3.33. The molecule has 3 nitrogen and oxygen atoms in total. The minimum Gasteiger partial charge on any atom is -0.341 e. The van der Waals surface area contributed by atoms with Crippen LogP contribution in [0.15, 0.2) is 28.7 Å². The normalized spacial score (nSPS) is 21.9. The molecule has 1 aromatic carbocycles. The van der Waals surface area contributed by atoms with Crippen LogP contribution in [0.3, 0.4) is 0 Å². The first-order valence-electron chi connectivity index (χ1n) is 6.72. The zero-order chi connectivity index (χ0) is 13.9. The Labute approximate surface area is 135 Å². The van der Waals surface area contributed by atoms with Gasteiger partial charge in [-0.2, -0.15) is 0 Å². The fraction of sp³-hybridized carbons (Fsp3) is 0.533. The molecule has 0 bridgehead atoms. The van der Waals surface area contributed by atoms with Gasteiger partial charge in [0.25, 0.3) is 0 Å². The number of hydrogen-bond acceptors (Lipinski definition) is 2. The van der Waals surface area contributed by atoms with Gasteiger partial charge in [0.1, 0.15) is 0 Å². The molecule has 2 rings (SSSR count). The number of amides is 1. The van der Waals surface area contributed by atoms with Crippen molar-refractivity contribution in [2.24, 2.45) is 5.41 Å². The average molecular weight is 362 g/mol. The number of benzene rings is 1. The lowest BCUT2D eigenvalue weighted by molar-refractivity contribution is -0.141. The van der Waals surface area contributed by atoms with Crippen LogP contribution in [0, 0.1) is 5.41 Å². The molecular weight excluding hydrogens is 340 g/mol. The molecule has 1 aliphatic heterocycles. The maximum absolute atomic E-state index is 12.6. The van der Waals surface area contributed by atoms with Crippen molar-refractivity contribution in [1.82, 2.24) is 10.2 Å². The SMILES string of the molecule is CN(Cc1ccc(Br)cc1)C(=O)C1(C)CCCNC1.Cl. The van der Waals surface area contributed by atoms with Crippen LogP contribution in [0.2, 0.25) is 0 Å². The Bertz CT molecular complexity index is 444. The smallest absolute Gasteiger partial charge is 0.229 e. The molecule has 0 aromatic heterocycles. The highest BCUT2D eigenvalue weighted by molar-refractivity contribution is 9.10. The average Bonchev–Trinajstić information content (AvgIpc) is 2.41. The third-order valence-electron chi connectivity index (χ3n) is 3.79. The van der Waals surface area contributed by atoms with Crippen molar-refractivity contribution in [2.45, 2.75) is 26.3 Å². The quantitative estimate of drug-likeness (QED) is 0.896. The maximum Gasteiger partial charge on any atom is 0.229 e. The van der Waals surface area contributed by atoms with E-state index in [1.165, 1.54) is 0 Å². The van der Waals surface area contributed by atoms with E-state index >= 15 is 0 Å². The number of rotatable bonds is 3. The molecule has 1 saturated heterocycles. The summed E-state index contributed by atoms with van der Waals surface area (Å²) in [6, 6.07) is 8.12. The van der Waals surface area contributed by atoms with E-state index in [4.69, 9.17) is 0 Å². The van der Waals surface area contributed by atoms with E-state index in [1.807, 2.05) is 24.1 Å². The van der Waals surface area contributed by atoms with E-state index in [0.29, 0.717) is 6.54 Å². The maximum atomic E-state index is 12.6. The molecule has 1 N–H and O–H groups in total. The van der Waals surface area contributed by atoms with E-state index in [9.17, 15) is 4.79 Å². The third kappa shape index (κ3) is 4.21. The van der Waals surface area contributed by atoms with Gasteiger partial charge in [0.05, 0.1) is 5.41 Å². The minimum atomic E-state index is -0.248. The summed E-state index contributed by atoms with van der Waals surface area (Å²) in [5.74, 6) is 0.239. The summed E-state index contributed by atoms with van der Waals surface area (Å²) in [4.78, 5) is 14.4. The van der Waals surface area contributed by atoms with E-state index in [1.54, 1.807) is 0 Å². The summed E-state index contributed by atoms with van der Waals surface area (Å²) in [7, 11) is 1.89. The van der Waals surface area contributed by atoms with Gasteiger partial charge in [0, 0.05) is 24.6 Å². The topological polar surface area (TPSA) is 32.3 Å². The van der Waals surface area contributed by atoms with Crippen molar-refractivity contribution in [3.63, 3.8) is 0 Å². The molecule has 1 amide bonds. The highest BCUT2D eigenvalue weighted by Crippen LogP contribution is 2.28. The first-order valence-corrected chi connectivity index (χ1v) is 7.51. The van der Waals surface area contributed by atoms with Gasteiger partial charge in [0.15, 0.2) is 0 Å². The Morgan fingerprint density at radius 3 is 2.60 bits per heavy atom. The van der Waals surface area contributed by atoms with Gasteiger partial charge in [-0.05, 0) is 44.0 Å². The number of carbonyl (C=O) groups is 1. The minimum absolute atomic E-state index is 0. The van der Waals surface area contributed by atoms with Gasteiger partial charge < -0.3 is 10.2 Å². The Kier molecular flexibility index (Phi) is 6.49. The van der Waals surface area contributed by atoms with E-state index in [2.05, 4.69) is 40.3 Å². The number of carbonyl (C=O) groups excluding carboxylic acids is 1. The second-order valence-corrected chi connectivity index (χ2v) is 6.54. The predicted molar refractivity (Wildman–Crippen MR) is 88.1 cm³/mol. The molecule has 20 heavy (non-hydrogen) atoms. The summed E-state index contributed by atoms with van der Waals surface area (Å²) in [6.07, 6.45) is 2.05. The number of hydrogen-bond donors (Lipinski definition) is 1. The summed E-state index contributed by atoms with van der Waals surface area (Å²) >= 11 is 3.42. The summed E-state index contributed by atoms with van der Waals surface area (Å²) in [6.45, 7) is 4.55. The second-order valence-electron chi connectivity index (χ2n) is 5.63. The molecule has 0 spiro atoms. The van der Waals surface area contributed by atoms with Gasteiger partial charge in [-0.3, -0.25) is 4.79 Å². The Morgan fingerprint density at radius 2 is 2.05 bits per heavy atom. The number of halogens is 2. The molecule has 112 valence electrons. The van der Waals surface area contributed by atoms with Crippen LogP contribution in [0.1, 0.15) is 25.3 Å². The predicted octanol–water partition coefficient (Wildman–Crippen LogP) is 3.22. The van der Waals surface area contributed by atoms with E-state index < -0.39 is 0 Å². The van der Waals surface area contributed by atoms with Gasteiger partial charge in [-0.25, -0.2) is 0 Å². The van der Waals surface area contributed by atoms with Gasteiger partial charge in [-0.15, -0.1) is 12.4 Å².